The van der Waals surface area contributed by atoms with E-state index in [-0.39, 0.29) is 11.7 Å². The van der Waals surface area contributed by atoms with Gasteiger partial charge in [-0.3, -0.25) is 9.59 Å². The van der Waals surface area contributed by atoms with Gasteiger partial charge in [-0.05, 0) is 42.5 Å². The maximum atomic E-state index is 12.8. The van der Waals surface area contributed by atoms with E-state index >= 15 is 0 Å². The molecule has 0 atom stereocenters. The zero-order valence-corrected chi connectivity index (χ0v) is 17.1. The SMILES string of the molecule is O=C(c1ccc(Oc2ccccc2)cc1)c1ccc2c(c1)NC(=O)C2(Br)Br. The first kappa shape index (κ1) is 17.9. The molecule has 1 aliphatic rings. The van der Waals surface area contributed by atoms with Gasteiger partial charge in [-0.15, -0.1) is 0 Å². The topological polar surface area (TPSA) is 55.4 Å². The number of benzene rings is 3. The minimum absolute atomic E-state index is 0.125. The lowest BCUT2D eigenvalue weighted by molar-refractivity contribution is -0.115. The molecule has 4 nitrogen and oxygen atoms in total. The molecule has 6 heteroatoms. The highest BCUT2D eigenvalue weighted by Crippen LogP contribution is 2.47. The Labute approximate surface area is 172 Å². The molecule has 1 heterocycles. The molecule has 1 aliphatic heterocycles. The van der Waals surface area contributed by atoms with Crippen molar-refractivity contribution in [2.45, 2.75) is 3.23 Å². The van der Waals surface area contributed by atoms with Crippen molar-refractivity contribution in [3.8, 4) is 11.5 Å². The minimum atomic E-state index is -0.951. The quantitative estimate of drug-likeness (QED) is 0.385. The third-order valence-electron chi connectivity index (χ3n) is 4.25. The molecular formula is C21H13Br2NO3. The molecule has 0 saturated heterocycles. The molecule has 1 amide bonds. The number of carbonyl (C=O) groups is 2. The number of anilines is 1. The zero-order valence-electron chi connectivity index (χ0n) is 13.9. The molecular weight excluding hydrogens is 474 g/mol. The smallest absolute Gasteiger partial charge is 0.256 e. The molecule has 0 aliphatic carbocycles. The third-order valence-corrected chi connectivity index (χ3v) is 5.82. The lowest BCUT2D eigenvalue weighted by Crippen LogP contribution is -2.20. The molecule has 0 aromatic heterocycles. The first-order chi connectivity index (χ1) is 12.9. The van der Waals surface area contributed by atoms with E-state index in [0.717, 1.165) is 11.3 Å². The lowest BCUT2D eigenvalue weighted by Gasteiger charge is -2.11. The summed E-state index contributed by atoms with van der Waals surface area (Å²) in [6.45, 7) is 0. The van der Waals surface area contributed by atoms with Gasteiger partial charge in [0, 0.05) is 22.4 Å². The molecule has 3 aromatic rings. The lowest BCUT2D eigenvalue weighted by atomic mass is 10.0. The van der Waals surface area contributed by atoms with Gasteiger partial charge in [-0.2, -0.15) is 0 Å². The maximum absolute atomic E-state index is 12.8. The fourth-order valence-corrected chi connectivity index (χ4v) is 3.74. The Morgan fingerprint density at radius 2 is 1.48 bits per heavy atom. The van der Waals surface area contributed by atoms with Crippen LogP contribution in [0.5, 0.6) is 11.5 Å². The van der Waals surface area contributed by atoms with Crippen LogP contribution in [0.3, 0.4) is 0 Å². The predicted octanol–water partition coefficient (Wildman–Crippen LogP) is 5.60. The Morgan fingerprint density at radius 1 is 0.852 bits per heavy atom. The van der Waals surface area contributed by atoms with Crippen LogP contribution in [0.4, 0.5) is 5.69 Å². The van der Waals surface area contributed by atoms with Crippen molar-refractivity contribution >= 4 is 49.2 Å². The normalized spacial score (nSPS) is 14.4. The van der Waals surface area contributed by atoms with Gasteiger partial charge in [0.2, 0.25) is 0 Å². The number of nitrogens with one attached hydrogen (secondary N) is 1. The van der Waals surface area contributed by atoms with Crippen molar-refractivity contribution < 1.29 is 14.3 Å². The van der Waals surface area contributed by atoms with Crippen LogP contribution in [-0.2, 0) is 8.03 Å². The number of hydrogen-bond donors (Lipinski definition) is 1. The van der Waals surface area contributed by atoms with Crippen LogP contribution in [0, 0.1) is 0 Å². The molecule has 0 radical (unpaired) electrons. The Morgan fingerprint density at radius 3 is 2.19 bits per heavy atom. The zero-order chi connectivity index (χ0) is 19.0. The molecule has 3 aromatic carbocycles. The monoisotopic (exact) mass is 485 g/mol. The van der Waals surface area contributed by atoms with Gasteiger partial charge in [-0.25, -0.2) is 0 Å². The van der Waals surface area contributed by atoms with Crippen LogP contribution in [0.1, 0.15) is 21.5 Å². The number of halogens is 2. The number of rotatable bonds is 4. The molecule has 27 heavy (non-hydrogen) atoms. The maximum Gasteiger partial charge on any atom is 0.256 e. The van der Waals surface area contributed by atoms with E-state index in [2.05, 4.69) is 37.2 Å². The summed E-state index contributed by atoms with van der Waals surface area (Å²) in [5, 5.41) is 2.77. The van der Waals surface area contributed by atoms with Gasteiger partial charge in [0.15, 0.2) is 9.02 Å². The van der Waals surface area contributed by atoms with E-state index < -0.39 is 3.23 Å². The highest BCUT2D eigenvalue weighted by Gasteiger charge is 2.42. The summed E-state index contributed by atoms with van der Waals surface area (Å²) >= 11 is 6.71. The first-order valence-corrected chi connectivity index (χ1v) is 9.75. The summed E-state index contributed by atoms with van der Waals surface area (Å²) in [6.07, 6.45) is 0. The van der Waals surface area contributed by atoms with Crippen molar-refractivity contribution in [3.05, 3.63) is 89.5 Å². The Hall–Kier alpha value is -2.44. The van der Waals surface area contributed by atoms with E-state index in [1.807, 2.05) is 30.3 Å². The standard InChI is InChI=1S/C21H13Br2NO3/c22-21(23)17-11-8-14(12-18(17)24-20(21)26)19(25)13-6-9-16(10-7-13)27-15-4-2-1-3-5-15/h1-12H,(H,24,26). The second-order valence-corrected chi connectivity index (χ2v) is 9.50. The average Bonchev–Trinajstić information content (AvgIpc) is 2.91. The summed E-state index contributed by atoms with van der Waals surface area (Å²) in [5.74, 6) is 1.05. The summed E-state index contributed by atoms with van der Waals surface area (Å²) in [7, 11) is 0. The van der Waals surface area contributed by atoms with Crippen LogP contribution in [-0.4, -0.2) is 11.7 Å². The molecule has 0 bridgehead atoms. The number of ketones is 1. The van der Waals surface area contributed by atoms with Crippen LogP contribution in [0.2, 0.25) is 0 Å². The minimum Gasteiger partial charge on any atom is -0.457 e. The number of carbonyl (C=O) groups excluding carboxylic acids is 2. The summed E-state index contributed by atoms with van der Waals surface area (Å²) < 4.78 is 4.79. The van der Waals surface area contributed by atoms with E-state index in [0.29, 0.717) is 22.6 Å². The number of amides is 1. The molecule has 0 fully saturated rings. The van der Waals surface area contributed by atoms with Crippen molar-refractivity contribution in [1.82, 2.24) is 0 Å². The van der Waals surface area contributed by atoms with E-state index in [1.165, 1.54) is 0 Å². The van der Waals surface area contributed by atoms with Gasteiger partial charge in [0.05, 0.1) is 0 Å². The average molecular weight is 487 g/mol. The molecule has 4 rings (SSSR count). The van der Waals surface area contributed by atoms with Gasteiger partial charge in [-0.1, -0.05) is 62.2 Å². The Bertz CT molecular complexity index is 1030. The predicted molar refractivity (Wildman–Crippen MR) is 111 cm³/mol. The van der Waals surface area contributed by atoms with E-state index in [4.69, 9.17) is 4.74 Å². The van der Waals surface area contributed by atoms with Crippen LogP contribution in [0.15, 0.2) is 72.8 Å². The fourth-order valence-electron chi connectivity index (χ4n) is 2.85. The summed E-state index contributed by atoms with van der Waals surface area (Å²) in [4.78, 5) is 24.8. The number of hydrogen-bond acceptors (Lipinski definition) is 3. The van der Waals surface area contributed by atoms with Gasteiger partial charge < -0.3 is 10.1 Å². The van der Waals surface area contributed by atoms with Gasteiger partial charge in [0.25, 0.3) is 5.91 Å². The van der Waals surface area contributed by atoms with Crippen LogP contribution in [0.25, 0.3) is 0 Å². The number of fused-ring (bicyclic) bond motifs is 1. The third kappa shape index (κ3) is 3.42. The van der Waals surface area contributed by atoms with E-state index in [9.17, 15) is 9.59 Å². The van der Waals surface area contributed by atoms with Crippen molar-refractivity contribution in [2.75, 3.05) is 5.32 Å². The number of ether oxygens (including phenoxy) is 1. The van der Waals surface area contributed by atoms with Gasteiger partial charge in [0.1, 0.15) is 11.5 Å². The highest BCUT2D eigenvalue weighted by atomic mass is 79.9. The van der Waals surface area contributed by atoms with Crippen molar-refractivity contribution in [3.63, 3.8) is 0 Å². The van der Waals surface area contributed by atoms with Crippen molar-refractivity contribution in [1.29, 1.82) is 0 Å². The van der Waals surface area contributed by atoms with Crippen LogP contribution < -0.4 is 10.1 Å². The van der Waals surface area contributed by atoms with Crippen molar-refractivity contribution in [2.24, 2.45) is 0 Å². The van der Waals surface area contributed by atoms with Crippen LogP contribution >= 0.6 is 31.9 Å². The molecule has 0 spiro atoms. The largest absolute Gasteiger partial charge is 0.457 e. The molecule has 0 saturated carbocycles. The molecule has 0 unspecified atom stereocenters. The van der Waals surface area contributed by atoms with E-state index in [1.54, 1.807) is 42.5 Å². The molecule has 1 N–H and O–H groups in total. The van der Waals surface area contributed by atoms with Gasteiger partial charge >= 0.3 is 0 Å². The molecule has 134 valence electrons. The Balaban J connectivity index is 1.55. The first-order valence-electron chi connectivity index (χ1n) is 8.16. The fraction of sp³-hybridized carbons (Fsp3) is 0.0476. The second-order valence-electron chi connectivity index (χ2n) is 6.06. The number of alkyl halides is 2. The summed E-state index contributed by atoms with van der Waals surface area (Å²) in [5.41, 5.74) is 2.41. The highest BCUT2D eigenvalue weighted by molar-refractivity contribution is 9.25. The second kappa shape index (κ2) is 6.94. The number of para-hydroxylation sites is 1. The summed E-state index contributed by atoms with van der Waals surface area (Å²) in [6, 6.07) is 21.6. The Kier molecular flexibility index (Phi) is 4.61.